The highest BCUT2D eigenvalue weighted by atomic mass is 79.9. The third kappa shape index (κ3) is 4.67. The zero-order valence-electron chi connectivity index (χ0n) is 16.6. The van der Waals surface area contributed by atoms with Crippen molar-refractivity contribution in [2.45, 2.75) is 46.1 Å². The summed E-state index contributed by atoms with van der Waals surface area (Å²) < 4.78 is 2.41. The molecule has 1 atom stereocenters. The molecule has 0 saturated heterocycles. The molecule has 6 nitrogen and oxygen atoms in total. The number of aromatic nitrogens is 4. The van der Waals surface area contributed by atoms with Crippen molar-refractivity contribution >= 4 is 33.5 Å². The Kier molecular flexibility index (Phi) is 6.39. The van der Waals surface area contributed by atoms with Gasteiger partial charge in [-0.3, -0.25) is 0 Å². The molecule has 0 fully saturated rings. The van der Waals surface area contributed by atoms with E-state index >= 15 is 0 Å². The molecule has 1 N–H and O–H groups in total. The first-order valence-corrected chi connectivity index (χ1v) is 10.4. The van der Waals surface area contributed by atoms with Crippen molar-refractivity contribution in [3.8, 4) is 0 Å². The van der Waals surface area contributed by atoms with E-state index in [2.05, 4.69) is 30.9 Å². The number of benzene rings is 1. The van der Waals surface area contributed by atoms with Crippen LogP contribution in [0.1, 0.15) is 64.8 Å². The van der Waals surface area contributed by atoms with Gasteiger partial charge < -0.3 is 9.67 Å². The summed E-state index contributed by atoms with van der Waals surface area (Å²) in [6.07, 6.45) is 0.511. The number of halogens is 2. The second-order valence-corrected chi connectivity index (χ2v) is 8.39. The van der Waals surface area contributed by atoms with Crippen molar-refractivity contribution in [3.63, 3.8) is 0 Å². The molecule has 8 heteroatoms. The second kappa shape index (κ2) is 8.63. The molecule has 29 heavy (non-hydrogen) atoms. The molecule has 0 aliphatic heterocycles. The number of carbonyl (C=O) groups is 1. The standard InChI is InChI=1S/C21H22BrClN4O2/c1-11(2)27-19(18(20(28)29)26-21(27)22)17(14-5-7-15(23)8-6-14)10-16-9-12(3)24-13(4)25-16/h5-9,11,17H,10H2,1-4H3,(H,28,29). The first-order chi connectivity index (χ1) is 13.7. The van der Waals surface area contributed by atoms with Crippen molar-refractivity contribution in [1.82, 2.24) is 19.5 Å². The largest absolute Gasteiger partial charge is 0.476 e. The zero-order chi connectivity index (χ0) is 21.3. The fourth-order valence-electron chi connectivity index (χ4n) is 3.57. The van der Waals surface area contributed by atoms with Gasteiger partial charge in [0.1, 0.15) is 5.82 Å². The number of rotatable bonds is 6. The summed E-state index contributed by atoms with van der Waals surface area (Å²) in [5.74, 6) is -0.644. The summed E-state index contributed by atoms with van der Waals surface area (Å²) in [4.78, 5) is 25.2. The molecule has 2 heterocycles. The predicted octanol–water partition coefficient (Wildman–Crippen LogP) is 5.36. The van der Waals surface area contributed by atoms with Crippen LogP contribution in [0, 0.1) is 13.8 Å². The van der Waals surface area contributed by atoms with Crippen molar-refractivity contribution in [3.05, 3.63) is 74.3 Å². The smallest absolute Gasteiger partial charge is 0.356 e. The third-order valence-corrected chi connectivity index (χ3v) is 5.47. The van der Waals surface area contributed by atoms with Crippen molar-refractivity contribution in [2.75, 3.05) is 0 Å². The van der Waals surface area contributed by atoms with E-state index in [9.17, 15) is 9.90 Å². The van der Waals surface area contributed by atoms with Gasteiger partial charge in [0.25, 0.3) is 0 Å². The normalized spacial score (nSPS) is 12.4. The Morgan fingerprint density at radius 3 is 2.38 bits per heavy atom. The quantitative estimate of drug-likeness (QED) is 0.517. The maximum atomic E-state index is 12.0. The molecule has 1 aromatic carbocycles. The molecule has 152 valence electrons. The van der Waals surface area contributed by atoms with Crippen molar-refractivity contribution in [1.29, 1.82) is 0 Å². The fraction of sp³-hybridized carbons (Fsp3) is 0.333. The molecular weight excluding hydrogens is 456 g/mol. The molecule has 0 radical (unpaired) electrons. The van der Waals surface area contributed by atoms with Crippen LogP contribution in [0.2, 0.25) is 5.02 Å². The van der Waals surface area contributed by atoms with Crippen LogP contribution >= 0.6 is 27.5 Å². The summed E-state index contributed by atoms with van der Waals surface area (Å²) >= 11 is 9.53. The van der Waals surface area contributed by atoms with Crippen LogP contribution in [0.15, 0.2) is 35.1 Å². The predicted molar refractivity (Wildman–Crippen MR) is 116 cm³/mol. The van der Waals surface area contributed by atoms with Crippen LogP contribution in [0.3, 0.4) is 0 Å². The van der Waals surface area contributed by atoms with Crippen LogP contribution in [-0.2, 0) is 6.42 Å². The fourth-order valence-corrected chi connectivity index (χ4v) is 4.48. The van der Waals surface area contributed by atoms with E-state index in [0.717, 1.165) is 17.0 Å². The average Bonchev–Trinajstić information content (AvgIpc) is 2.97. The summed E-state index contributed by atoms with van der Waals surface area (Å²) in [7, 11) is 0. The number of carboxylic acid groups (broad SMARTS) is 1. The van der Waals surface area contributed by atoms with E-state index in [1.807, 2.05) is 62.6 Å². The number of hydrogen-bond acceptors (Lipinski definition) is 4. The highest BCUT2D eigenvalue weighted by Gasteiger charge is 2.30. The van der Waals surface area contributed by atoms with Crippen LogP contribution in [0.5, 0.6) is 0 Å². The van der Waals surface area contributed by atoms with E-state index in [0.29, 0.717) is 27.7 Å². The first-order valence-electron chi connectivity index (χ1n) is 9.25. The van der Waals surface area contributed by atoms with E-state index < -0.39 is 5.97 Å². The van der Waals surface area contributed by atoms with Gasteiger partial charge in [-0.25, -0.2) is 19.7 Å². The molecule has 0 amide bonds. The van der Waals surface area contributed by atoms with Gasteiger partial charge in [-0.05, 0) is 67.4 Å². The second-order valence-electron chi connectivity index (χ2n) is 7.24. The number of aryl methyl sites for hydroxylation is 2. The molecule has 0 aliphatic rings. The molecule has 0 aliphatic carbocycles. The lowest BCUT2D eigenvalue weighted by atomic mass is 9.89. The van der Waals surface area contributed by atoms with Gasteiger partial charge in [-0.15, -0.1) is 0 Å². The maximum Gasteiger partial charge on any atom is 0.356 e. The summed E-state index contributed by atoms with van der Waals surface area (Å²) in [6, 6.07) is 9.42. The molecule has 3 rings (SSSR count). The molecule has 1 unspecified atom stereocenters. The minimum absolute atomic E-state index is 0.0173. The number of aromatic carboxylic acids is 1. The van der Waals surface area contributed by atoms with Crippen molar-refractivity contribution < 1.29 is 9.90 Å². The Hall–Kier alpha value is -2.25. The molecule has 3 aromatic rings. The lowest BCUT2D eigenvalue weighted by molar-refractivity contribution is 0.0689. The summed E-state index contributed by atoms with van der Waals surface area (Å²) in [5, 5.41) is 10.5. The summed E-state index contributed by atoms with van der Waals surface area (Å²) in [5.41, 5.74) is 3.34. The molecule has 0 spiro atoms. The lowest BCUT2D eigenvalue weighted by Gasteiger charge is -2.23. The first kappa shape index (κ1) is 21.5. The van der Waals surface area contributed by atoms with Gasteiger partial charge in [0.2, 0.25) is 0 Å². The van der Waals surface area contributed by atoms with Gasteiger partial charge in [0.15, 0.2) is 10.4 Å². The number of carboxylic acids is 1. The Bertz CT molecular complexity index is 1030. The van der Waals surface area contributed by atoms with Gasteiger partial charge in [0.05, 0.1) is 5.69 Å². The Labute approximate surface area is 183 Å². The van der Waals surface area contributed by atoms with E-state index in [1.165, 1.54) is 0 Å². The number of imidazole rings is 1. The van der Waals surface area contributed by atoms with Crippen LogP contribution in [0.25, 0.3) is 0 Å². The zero-order valence-corrected chi connectivity index (χ0v) is 19.0. The Morgan fingerprint density at radius 1 is 1.17 bits per heavy atom. The molecular formula is C21H22BrClN4O2. The van der Waals surface area contributed by atoms with Crippen LogP contribution < -0.4 is 0 Å². The monoisotopic (exact) mass is 476 g/mol. The van der Waals surface area contributed by atoms with Gasteiger partial charge >= 0.3 is 5.97 Å². The van der Waals surface area contributed by atoms with Crippen molar-refractivity contribution in [2.24, 2.45) is 0 Å². The SMILES string of the molecule is Cc1cc(CC(c2ccc(Cl)cc2)c2c(C(=O)O)nc(Br)n2C(C)C)nc(C)n1. The van der Waals surface area contributed by atoms with E-state index in [4.69, 9.17) is 11.6 Å². The Morgan fingerprint density at radius 2 is 1.83 bits per heavy atom. The molecule has 0 bridgehead atoms. The van der Waals surface area contributed by atoms with E-state index in [1.54, 1.807) is 0 Å². The maximum absolute atomic E-state index is 12.0. The molecule has 0 saturated carbocycles. The highest BCUT2D eigenvalue weighted by molar-refractivity contribution is 9.10. The van der Waals surface area contributed by atoms with Gasteiger partial charge in [0, 0.05) is 34.8 Å². The Balaban J connectivity index is 2.23. The van der Waals surface area contributed by atoms with Crippen LogP contribution in [-0.4, -0.2) is 30.6 Å². The highest BCUT2D eigenvalue weighted by Crippen LogP contribution is 2.35. The summed E-state index contributed by atoms with van der Waals surface area (Å²) in [6.45, 7) is 7.78. The minimum Gasteiger partial charge on any atom is -0.476 e. The van der Waals surface area contributed by atoms with Crippen LogP contribution in [0.4, 0.5) is 0 Å². The average molecular weight is 478 g/mol. The van der Waals surface area contributed by atoms with Gasteiger partial charge in [-0.1, -0.05) is 23.7 Å². The number of hydrogen-bond donors (Lipinski definition) is 1. The topological polar surface area (TPSA) is 80.9 Å². The number of nitrogens with zero attached hydrogens (tertiary/aromatic N) is 4. The van der Waals surface area contributed by atoms with Gasteiger partial charge in [-0.2, -0.15) is 0 Å². The third-order valence-electron chi connectivity index (χ3n) is 4.66. The van der Waals surface area contributed by atoms with E-state index in [-0.39, 0.29) is 17.7 Å². The lowest BCUT2D eigenvalue weighted by Crippen LogP contribution is -2.18. The minimum atomic E-state index is -1.06. The molecule has 2 aromatic heterocycles.